The second-order valence-corrected chi connectivity index (χ2v) is 5.78. The van der Waals surface area contributed by atoms with Crippen LogP contribution in [-0.4, -0.2) is 41.1 Å². The summed E-state index contributed by atoms with van der Waals surface area (Å²) in [6.45, 7) is 4.30. The standard InChI is InChI=1S/C15H18ClNO4/c1-9(15(19)20)11-7-17(8-11)14(18)10(2)21-13-5-3-12(16)4-6-13/h3-6,9-11H,7-8H2,1-2H3,(H,19,20). The fraction of sp³-hybridized carbons (Fsp3) is 0.467. The Bertz CT molecular complexity index is 525. The molecule has 21 heavy (non-hydrogen) atoms. The molecule has 1 N–H and O–H groups in total. The zero-order valence-electron chi connectivity index (χ0n) is 12.0. The maximum absolute atomic E-state index is 12.2. The van der Waals surface area contributed by atoms with E-state index in [2.05, 4.69) is 0 Å². The number of likely N-dealkylation sites (tertiary alicyclic amines) is 1. The van der Waals surface area contributed by atoms with Gasteiger partial charge in [0.1, 0.15) is 5.75 Å². The molecule has 2 unspecified atom stereocenters. The molecular formula is C15H18ClNO4. The van der Waals surface area contributed by atoms with Crippen molar-refractivity contribution < 1.29 is 19.4 Å². The van der Waals surface area contributed by atoms with E-state index in [9.17, 15) is 9.59 Å². The summed E-state index contributed by atoms with van der Waals surface area (Å²) >= 11 is 5.79. The summed E-state index contributed by atoms with van der Waals surface area (Å²) in [6, 6.07) is 6.81. The molecule has 0 aliphatic carbocycles. The van der Waals surface area contributed by atoms with Crippen LogP contribution in [0.15, 0.2) is 24.3 Å². The van der Waals surface area contributed by atoms with Crippen molar-refractivity contribution in [3.05, 3.63) is 29.3 Å². The molecule has 0 radical (unpaired) electrons. The van der Waals surface area contributed by atoms with E-state index in [1.165, 1.54) is 0 Å². The average Bonchev–Trinajstić information content (AvgIpc) is 2.39. The van der Waals surface area contributed by atoms with Crippen LogP contribution in [0.2, 0.25) is 5.02 Å². The van der Waals surface area contributed by atoms with Gasteiger partial charge in [0.25, 0.3) is 5.91 Å². The van der Waals surface area contributed by atoms with Gasteiger partial charge in [-0.2, -0.15) is 0 Å². The number of halogens is 1. The Hall–Kier alpha value is -1.75. The topological polar surface area (TPSA) is 66.8 Å². The highest BCUT2D eigenvalue weighted by Crippen LogP contribution is 2.25. The Morgan fingerprint density at radius 2 is 1.86 bits per heavy atom. The molecule has 0 saturated carbocycles. The first kappa shape index (κ1) is 15.6. The number of ether oxygens (including phenoxy) is 1. The number of carbonyl (C=O) groups excluding carboxylic acids is 1. The van der Waals surface area contributed by atoms with E-state index in [-0.39, 0.29) is 11.8 Å². The minimum atomic E-state index is -0.822. The molecule has 1 amide bonds. The molecule has 1 aromatic rings. The van der Waals surface area contributed by atoms with Crippen molar-refractivity contribution in [2.45, 2.75) is 20.0 Å². The molecule has 1 aromatic carbocycles. The lowest BCUT2D eigenvalue weighted by Gasteiger charge is -2.42. The molecule has 2 rings (SSSR count). The second-order valence-electron chi connectivity index (χ2n) is 5.34. The summed E-state index contributed by atoms with van der Waals surface area (Å²) in [5, 5.41) is 9.54. The average molecular weight is 312 g/mol. The minimum absolute atomic E-state index is 0.0224. The number of carbonyl (C=O) groups is 2. The van der Waals surface area contributed by atoms with Gasteiger partial charge in [-0.15, -0.1) is 0 Å². The number of nitrogens with zero attached hydrogens (tertiary/aromatic N) is 1. The molecule has 0 bridgehead atoms. The SMILES string of the molecule is CC(Oc1ccc(Cl)cc1)C(=O)N1CC(C(C)C(=O)O)C1. The van der Waals surface area contributed by atoms with Gasteiger partial charge in [-0.3, -0.25) is 9.59 Å². The number of carboxylic acid groups (broad SMARTS) is 1. The van der Waals surface area contributed by atoms with Crippen molar-refractivity contribution in [3.8, 4) is 5.75 Å². The predicted octanol–water partition coefficient (Wildman–Crippen LogP) is 2.29. The summed E-state index contributed by atoms with van der Waals surface area (Å²) in [6.07, 6.45) is -0.604. The van der Waals surface area contributed by atoms with Crippen molar-refractivity contribution in [1.29, 1.82) is 0 Å². The van der Waals surface area contributed by atoms with E-state index in [1.54, 1.807) is 43.0 Å². The van der Waals surface area contributed by atoms with Gasteiger partial charge in [-0.1, -0.05) is 18.5 Å². The zero-order chi connectivity index (χ0) is 15.6. The molecule has 5 nitrogen and oxygen atoms in total. The van der Waals surface area contributed by atoms with Crippen LogP contribution in [0.25, 0.3) is 0 Å². The third kappa shape index (κ3) is 3.67. The van der Waals surface area contributed by atoms with E-state index < -0.39 is 18.0 Å². The largest absolute Gasteiger partial charge is 0.481 e. The third-order valence-corrected chi connectivity index (χ3v) is 4.04. The first-order chi connectivity index (χ1) is 9.88. The molecular weight excluding hydrogens is 294 g/mol. The van der Waals surface area contributed by atoms with Gasteiger partial charge < -0.3 is 14.7 Å². The van der Waals surface area contributed by atoms with Crippen molar-refractivity contribution in [3.63, 3.8) is 0 Å². The normalized spacial score (nSPS) is 17.8. The number of rotatable bonds is 5. The first-order valence-electron chi connectivity index (χ1n) is 6.82. The lowest BCUT2D eigenvalue weighted by Crippen LogP contribution is -2.56. The summed E-state index contributed by atoms with van der Waals surface area (Å²) in [7, 11) is 0. The Morgan fingerprint density at radius 3 is 2.38 bits per heavy atom. The van der Waals surface area contributed by atoms with Crippen LogP contribution >= 0.6 is 11.6 Å². The Morgan fingerprint density at radius 1 is 1.29 bits per heavy atom. The minimum Gasteiger partial charge on any atom is -0.481 e. The second kappa shape index (κ2) is 6.35. The van der Waals surface area contributed by atoms with Gasteiger partial charge in [0, 0.05) is 24.0 Å². The predicted molar refractivity (Wildman–Crippen MR) is 78.4 cm³/mol. The van der Waals surface area contributed by atoms with E-state index >= 15 is 0 Å². The molecule has 1 aliphatic heterocycles. The highest BCUT2D eigenvalue weighted by Gasteiger charge is 2.38. The molecule has 0 spiro atoms. The number of carboxylic acids is 1. The molecule has 1 heterocycles. The van der Waals surface area contributed by atoms with Gasteiger partial charge in [0.15, 0.2) is 6.10 Å². The maximum atomic E-state index is 12.2. The number of benzene rings is 1. The maximum Gasteiger partial charge on any atom is 0.306 e. The van der Waals surface area contributed by atoms with Crippen molar-refractivity contribution >= 4 is 23.5 Å². The molecule has 1 fully saturated rings. The number of hydrogen-bond donors (Lipinski definition) is 1. The van der Waals surface area contributed by atoms with Crippen molar-refractivity contribution in [1.82, 2.24) is 4.90 Å². The lowest BCUT2D eigenvalue weighted by molar-refractivity contribution is -0.153. The molecule has 1 saturated heterocycles. The van der Waals surface area contributed by atoms with Crippen LogP contribution < -0.4 is 4.74 Å². The van der Waals surface area contributed by atoms with E-state index in [4.69, 9.17) is 21.4 Å². The fourth-order valence-electron chi connectivity index (χ4n) is 2.24. The molecule has 2 atom stereocenters. The smallest absolute Gasteiger partial charge is 0.306 e. The van der Waals surface area contributed by atoms with Crippen LogP contribution in [-0.2, 0) is 9.59 Å². The Kier molecular flexibility index (Phi) is 4.73. The van der Waals surface area contributed by atoms with Gasteiger partial charge in [-0.25, -0.2) is 0 Å². The lowest BCUT2D eigenvalue weighted by atomic mass is 9.87. The van der Waals surface area contributed by atoms with Crippen LogP contribution in [0.4, 0.5) is 0 Å². The summed E-state index contributed by atoms with van der Waals surface area (Å²) in [5.74, 6) is -0.775. The monoisotopic (exact) mass is 311 g/mol. The zero-order valence-corrected chi connectivity index (χ0v) is 12.7. The summed E-state index contributed by atoms with van der Waals surface area (Å²) in [4.78, 5) is 24.7. The number of aliphatic carboxylic acids is 1. The van der Waals surface area contributed by atoms with Gasteiger partial charge in [-0.05, 0) is 31.2 Å². The third-order valence-electron chi connectivity index (χ3n) is 3.79. The molecule has 1 aliphatic rings. The molecule has 114 valence electrons. The summed E-state index contributed by atoms with van der Waals surface area (Å²) < 4.78 is 5.56. The van der Waals surface area contributed by atoms with Gasteiger partial charge in [0.05, 0.1) is 5.92 Å². The Balaban J connectivity index is 1.84. The quantitative estimate of drug-likeness (QED) is 0.906. The first-order valence-corrected chi connectivity index (χ1v) is 7.20. The van der Waals surface area contributed by atoms with Crippen LogP contribution in [0.5, 0.6) is 5.75 Å². The van der Waals surface area contributed by atoms with Crippen molar-refractivity contribution in [2.24, 2.45) is 11.8 Å². The summed E-state index contributed by atoms with van der Waals surface area (Å²) in [5.41, 5.74) is 0. The molecule has 0 aromatic heterocycles. The number of hydrogen-bond acceptors (Lipinski definition) is 3. The fourth-order valence-corrected chi connectivity index (χ4v) is 2.36. The van der Waals surface area contributed by atoms with E-state index in [0.717, 1.165) is 0 Å². The Labute approximate surface area is 128 Å². The highest BCUT2D eigenvalue weighted by atomic mass is 35.5. The van der Waals surface area contributed by atoms with E-state index in [0.29, 0.717) is 23.9 Å². The van der Waals surface area contributed by atoms with E-state index in [1.807, 2.05) is 0 Å². The van der Waals surface area contributed by atoms with Gasteiger partial charge >= 0.3 is 5.97 Å². The molecule has 6 heteroatoms. The van der Waals surface area contributed by atoms with Crippen LogP contribution in [0, 0.1) is 11.8 Å². The van der Waals surface area contributed by atoms with Gasteiger partial charge in [0.2, 0.25) is 0 Å². The highest BCUT2D eigenvalue weighted by molar-refractivity contribution is 6.30. The van der Waals surface area contributed by atoms with Crippen LogP contribution in [0.1, 0.15) is 13.8 Å². The van der Waals surface area contributed by atoms with Crippen molar-refractivity contribution in [2.75, 3.05) is 13.1 Å². The number of amides is 1. The van der Waals surface area contributed by atoms with Crippen LogP contribution in [0.3, 0.4) is 0 Å².